The maximum Gasteiger partial charge on any atom is 0.264 e. The van der Waals surface area contributed by atoms with Gasteiger partial charge >= 0.3 is 0 Å². The molecular formula is C26H28ClN3O5S2. The van der Waals surface area contributed by atoms with E-state index in [1.54, 1.807) is 36.4 Å². The van der Waals surface area contributed by atoms with E-state index in [-0.39, 0.29) is 15.5 Å². The van der Waals surface area contributed by atoms with Crippen LogP contribution in [0.25, 0.3) is 0 Å². The zero-order valence-electron chi connectivity index (χ0n) is 20.1. The van der Waals surface area contributed by atoms with Crippen LogP contribution in [-0.2, 0) is 24.8 Å². The predicted molar refractivity (Wildman–Crippen MR) is 145 cm³/mol. The molecule has 0 aromatic heterocycles. The first-order valence-electron chi connectivity index (χ1n) is 11.9. The van der Waals surface area contributed by atoms with Crippen LogP contribution in [0.15, 0.2) is 88.7 Å². The molecule has 0 atom stereocenters. The zero-order chi connectivity index (χ0) is 26.5. The molecule has 0 radical (unpaired) electrons. The van der Waals surface area contributed by atoms with Crippen LogP contribution in [0.2, 0.25) is 5.02 Å². The van der Waals surface area contributed by atoms with Crippen molar-refractivity contribution < 1.29 is 21.6 Å². The van der Waals surface area contributed by atoms with Crippen LogP contribution in [0.5, 0.6) is 0 Å². The SMILES string of the molecule is O=C(CN(c1cccc(Cl)c1)S(=O)(=O)c1ccccc1)Nc1ccc(S(=O)(=O)N2CCCCCC2)cc1. The molecule has 3 aromatic carbocycles. The molecule has 0 aliphatic carbocycles. The zero-order valence-corrected chi connectivity index (χ0v) is 22.5. The van der Waals surface area contributed by atoms with E-state index in [4.69, 9.17) is 11.6 Å². The Morgan fingerprint density at radius 1 is 0.811 bits per heavy atom. The number of hydrogen-bond acceptors (Lipinski definition) is 5. The fourth-order valence-electron chi connectivity index (χ4n) is 4.14. The highest BCUT2D eigenvalue weighted by atomic mass is 35.5. The van der Waals surface area contributed by atoms with E-state index in [1.165, 1.54) is 46.8 Å². The second-order valence-corrected chi connectivity index (χ2v) is 12.9. The van der Waals surface area contributed by atoms with Crippen molar-refractivity contribution in [2.24, 2.45) is 0 Å². The Morgan fingerprint density at radius 2 is 1.46 bits per heavy atom. The first-order chi connectivity index (χ1) is 17.7. The molecule has 1 heterocycles. The van der Waals surface area contributed by atoms with Gasteiger partial charge in [0.05, 0.1) is 15.5 Å². The molecule has 1 amide bonds. The molecule has 1 fully saturated rings. The second-order valence-electron chi connectivity index (χ2n) is 8.70. The van der Waals surface area contributed by atoms with Gasteiger partial charge in [-0.2, -0.15) is 4.31 Å². The van der Waals surface area contributed by atoms with E-state index in [0.29, 0.717) is 23.8 Å². The minimum Gasteiger partial charge on any atom is -0.325 e. The van der Waals surface area contributed by atoms with E-state index in [1.807, 2.05) is 0 Å². The van der Waals surface area contributed by atoms with Crippen LogP contribution in [0.1, 0.15) is 25.7 Å². The number of nitrogens with one attached hydrogen (secondary N) is 1. The molecule has 11 heteroatoms. The highest BCUT2D eigenvalue weighted by molar-refractivity contribution is 7.92. The van der Waals surface area contributed by atoms with Crippen LogP contribution in [0.3, 0.4) is 0 Å². The number of hydrogen-bond donors (Lipinski definition) is 1. The average Bonchev–Trinajstić information content (AvgIpc) is 3.18. The van der Waals surface area contributed by atoms with Gasteiger partial charge in [-0.25, -0.2) is 16.8 Å². The third-order valence-electron chi connectivity index (χ3n) is 6.06. The Bertz CT molecular complexity index is 1440. The number of carbonyl (C=O) groups excluding carboxylic acids is 1. The first kappa shape index (κ1) is 27.1. The number of amides is 1. The molecule has 0 bridgehead atoms. The Labute approximate surface area is 223 Å². The van der Waals surface area contributed by atoms with E-state index in [0.717, 1.165) is 30.0 Å². The van der Waals surface area contributed by atoms with Crippen molar-refractivity contribution in [2.75, 3.05) is 29.3 Å². The van der Waals surface area contributed by atoms with Crippen molar-refractivity contribution in [1.29, 1.82) is 0 Å². The van der Waals surface area contributed by atoms with Gasteiger partial charge in [0, 0.05) is 23.8 Å². The monoisotopic (exact) mass is 561 g/mol. The highest BCUT2D eigenvalue weighted by Crippen LogP contribution is 2.27. The van der Waals surface area contributed by atoms with Gasteiger partial charge in [-0.05, 0) is 67.4 Å². The summed E-state index contributed by atoms with van der Waals surface area (Å²) in [5, 5.41) is 2.99. The summed E-state index contributed by atoms with van der Waals surface area (Å²) in [5.41, 5.74) is 0.591. The van der Waals surface area contributed by atoms with Crippen molar-refractivity contribution in [3.8, 4) is 0 Å². The molecule has 37 heavy (non-hydrogen) atoms. The minimum atomic E-state index is -4.07. The van der Waals surface area contributed by atoms with Gasteiger partial charge in [-0.1, -0.05) is 48.7 Å². The summed E-state index contributed by atoms with van der Waals surface area (Å²) in [6.07, 6.45) is 3.71. The van der Waals surface area contributed by atoms with E-state index in [2.05, 4.69) is 5.32 Å². The van der Waals surface area contributed by atoms with Crippen LogP contribution in [-0.4, -0.2) is 46.7 Å². The summed E-state index contributed by atoms with van der Waals surface area (Å²) >= 11 is 6.09. The Hall–Kier alpha value is -2.92. The van der Waals surface area contributed by atoms with Gasteiger partial charge in [0.15, 0.2) is 0 Å². The number of carbonyl (C=O) groups is 1. The standard InChI is InChI=1S/C26H28ClN3O5S2/c27-21-9-8-10-23(19-21)30(37(34,35)24-11-4-3-5-12-24)20-26(31)28-22-13-15-25(16-14-22)36(32,33)29-17-6-1-2-7-18-29/h3-5,8-16,19H,1-2,6-7,17-18,20H2,(H,28,31). The molecule has 1 aliphatic rings. The van der Waals surface area contributed by atoms with Crippen LogP contribution >= 0.6 is 11.6 Å². The van der Waals surface area contributed by atoms with E-state index in [9.17, 15) is 21.6 Å². The Balaban J connectivity index is 1.53. The van der Waals surface area contributed by atoms with Crippen LogP contribution < -0.4 is 9.62 Å². The van der Waals surface area contributed by atoms with Gasteiger partial charge < -0.3 is 5.32 Å². The quantitative estimate of drug-likeness (QED) is 0.428. The van der Waals surface area contributed by atoms with Crippen LogP contribution in [0, 0.1) is 0 Å². The van der Waals surface area contributed by atoms with Crippen molar-refractivity contribution >= 4 is 48.9 Å². The molecule has 1 saturated heterocycles. The molecule has 1 N–H and O–H groups in total. The Morgan fingerprint density at radius 3 is 2.08 bits per heavy atom. The molecule has 0 unspecified atom stereocenters. The average molecular weight is 562 g/mol. The maximum absolute atomic E-state index is 13.4. The number of halogens is 1. The third-order valence-corrected chi connectivity index (χ3v) is 9.99. The van der Waals surface area contributed by atoms with E-state index >= 15 is 0 Å². The molecular weight excluding hydrogens is 534 g/mol. The molecule has 1 aliphatic heterocycles. The van der Waals surface area contributed by atoms with Crippen LogP contribution in [0.4, 0.5) is 11.4 Å². The summed E-state index contributed by atoms with van der Waals surface area (Å²) in [7, 11) is -7.69. The lowest BCUT2D eigenvalue weighted by atomic mass is 10.2. The third kappa shape index (κ3) is 6.51. The van der Waals surface area contributed by atoms with Crippen molar-refractivity contribution in [3.63, 3.8) is 0 Å². The lowest BCUT2D eigenvalue weighted by molar-refractivity contribution is -0.114. The second kappa shape index (κ2) is 11.6. The van der Waals surface area contributed by atoms with Gasteiger partial charge in [0.1, 0.15) is 6.54 Å². The number of nitrogens with zero attached hydrogens (tertiary/aromatic N) is 2. The maximum atomic E-state index is 13.4. The number of anilines is 2. The first-order valence-corrected chi connectivity index (χ1v) is 15.2. The summed E-state index contributed by atoms with van der Waals surface area (Å²) < 4.78 is 55.3. The summed E-state index contributed by atoms with van der Waals surface area (Å²) in [4.78, 5) is 13.1. The summed E-state index contributed by atoms with van der Waals surface area (Å²) in [6.45, 7) is 0.484. The smallest absolute Gasteiger partial charge is 0.264 e. The molecule has 196 valence electrons. The summed E-state index contributed by atoms with van der Waals surface area (Å²) in [5.74, 6) is -0.595. The van der Waals surface area contributed by atoms with Gasteiger partial charge in [-0.3, -0.25) is 9.10 Å². The van der Waals surface area contributed by atoms with Crippen molar-refractivity contribution in [1.82, 2.24) is 4.31 Å². The minimum absolute atomic E-state index is 0.0332. The molecule has 4 rings (SSSR count). The lowest BCUT2D eigenvalue weighted by Gasteiger charge is -2.24. The van der Waals surface area contributed by atoms with Crippen molar-refractivity contribution in [3.05, 3.63) is 83.9 Å². The summed E-state index contributed by atoms with van der Waals surface area (Å²) in [6, 6.07) is 19.9. The molecule has 3 aromatic rings. The largest absolute Gasteiger partial charge is 0.325 e. The highest BCUT2D eigenvalue weighted by Gasteiger charge is 2.28. The van der Waals surface area contributed by atoms with Gasteiger partial charge in [-0.15, -0.1) is 0 Å². The van der Waals surface area contributed by atoms with Crippen molar-refractivity contribution in [2.45, 2.75) is 35.5 Å². The number of sulfonamides is 2. The normalized spacial score (nSPS) is 15.1. The fraction of sp³-hybridized carbons (Fsp3) is 0.269. The molecule has 0 saturated carbocycles. The Kier molecular flexibility index (Phi) is 8.53. The number of benzene rings is 3. The molecule has 8 nitrogen and oxygen atoms in total. The van der Waals surface area contributed by atoms with E-state index < -0.39 is 32.5 Å². The number of rotatable bonds is 8. The molecule has 0 spiro atoms. The topological polar surface area (TPSA) is 104 Å². The van der Waals surface area contributed by atoms with Gasteiger partial charge in [0.25, 0.3) is 10.0 Å². The predicted octanol–water partition coefficient (Wildman–Crippen LogP) is 4.74. The van der Waals surface area contributed by atoms with Gasteiger partial charge in [0.2, 0.25) is 15.9 Å². The fourth-order valence-corrected chi connectivity index (χ4v) is 7.27. The lowest BCUT2D eigenvalue weighted by Crippen LogP contribution is -2.38.